The molecule has 2 amide bonds. The number of hydrogen-bond donors (Lipinski definition) is 1. The number of nitrogens with one attached hydrogen (secondary N) is 1. The van der Waals surface area contributed by atoms with Gasteiger partial charge in [0.25, 0.3) is 5.91 Å². The van der Waals surface area contributed by atoms with Gasteiger partial charge in [0.2, 0.25) is 5.91 Å². The summed E-state index contributed by atoms with van der Waals surface area (Å²) in [6, 6.07) is 5.22. The number of nitrogens with zero attached hydrogens (tertiary/aromatic N) is 2. The van der Waals surface area contributed by atoms with Crippen LogP contribution >= 0.6 is 0 Å². The number of carbonyl (C=O) groups is 2. The lowest BCUT2D eigenvalue weighted by Crippen LogP contribution is -2.61. The van der Waals surface area contributed by atoms with E-state index in [4.69, 9.17) is 9.47 Å². The largest absolute Gasteiger partial charge is 0.497 e. The maximum Gasteiger partial charge on any atom is 0.257 e. The SMILES string of the molecule is COc1ccc(C(=O)N2CCN(C)CC3(CCCC(=O)N3)C2)c(OC)c1. The highest BCUT2D eigenvalue weighted by Gasteiger charge is 2.40. The van der Waals surface area contributed by atoms with Crippen LogP contribution in [-0.4, -0.2) is 74.6 Å². The first kappa shape index (κ1) is 18.5. The lowest BCUT2D eigenvalue weighted by atomic mass is 9.87. The van der Waals surface area contributed by atoms with Crippen molar-refractivity contribution in [1.82, 2.24) is 15.1 Å². The number of amides is 2. The van der Waals surface area contributed by atoms with Crippen molar-refractivity contribution in [2.45, 2.75) is 24.8 Å². The predicted octanol–water partition coefficient (Wildman–Crippen LogP) is 1.13. The van der Waals surface area contributed by atoms with E-state index in [9.17, 15) is 9.59 Å². The summed E-state index contributed by atoms with van der Waals surface area (Å²) >= 11 is 0. The summed E-state index contributed by atoms with van der Waals surface area (Å²) in [5, 5.41) is 3.16. The Bertz CT molecular complexity index is 693. The van der Waals surface area contributed by atoms with Crippen LogP contribution in [0.5, 0.6) is 11.5 Å². The van der Waals surface area contributed by atoms with E-state index >= 15 is 0 Å². The number of hydrogen-bond acceptors (Lipinski definition) is 5. The van der Waals surface area contributed by atoms with E-state index in [-0.39, 0.29) is 17.4 Å². The molecule has 1 aromatic carbocycles. The molecule has 1 aromatic rings. The summed E-state index contributed by atoms with van der Waals surface area (Å²) < 4.78 is 10.6. The molecule has 7 heteroatoms. The van der Waals surface area contributed by atoms with E-state index < -0.39 is 0 Å². The zero-order valence-corrected chi connectivity index (χ0v) is 15.7. The van der Waals surface area contributed by atoms with Gasteiger partial charge in [-0.25, -0.2) is 0 Å². The van der Waals surface area contributed by atoms with Gasteiger partial charge in [-0.2, -0.15) is 0 Å². The van der Waals surface area contributed by atoms with Gasteiger partial charge in [0.05, 0.1) is 25.3 Å². The molecule has 2 fully saturated rings. The number of likely N-dealkylation sites (N-methyl/N-ethyl adjacent to an activating group) is 1. The van der Waals surface area contributed by atoms with Crippen LogP contribution < -0.4 is 14.8 Å². The van der Waals surface area contributed by atoms with Crippen molar-refractivity contribution in [1.29, 1.82) is 0 Å². The first-order valence-electron chi connectivity index (χ1n) is 8.97. The number of ether oxygens (including phenoxy) is 2. The number of piperidine rings is 1. The second-order valence-corrected chi connectivity index (χ2v) is 7.21. The molecule has 3 rings (SSSR count). The molecular weight excluding hydrogens is 334 g/mol. The molecule has 2 heterocycles. The third-order valence-electron chi connectivity index (χ3n) is 5.21. The molecule has 2 saturated heterocycles. The molecule has 1 atom stereocenters. The topological polar surface area (TPSA) is 71.1 Å². The Morgan fingerprint density at radius 2 is 2.00 bits per heavy atom. The minimum atomic E-state index is -0.379. The third-order valence-corrected chi connectivity index (χ3v) is 5.21. The van der Waals surface area contributed by atoms with Gasteiger partial charge in [0.1, 0.15) is 11.5 Å². The molecule has 0 radical (unpaired) electrons. The Labute approximate surface area is 154 Å². The monoisotopic (exact) mass is 361 g/mol. The van der Waals surface area contributed by atoms with Crippen molar-refractivity contribution in [3.05, 3.63) is 23.8 Å². The van der Waals surface area contributed by atoms with Crippen LogP contribution in [0.25, 0.3) is 0 Å². The standard InChI is InChI=1S/C19H27N3O4/c1-21-9-10-22(13-19(12-21)8-4-5-17(23)20-19)18(24)15-7-6-14(25-2)11-16(15)26-3/h6-7,11H,4-5,8-10,12-13H2,1-3H3,(H,20,23). The summed E-state index contributed by atoms with van der Waals surface area (Å²) in [4.78, 5) is 29.2. The van der Waals surface area contributed by atoms with E-state index in [1.165, 1.54) is 0 Å². The molecule has 0 saturated carbocycles. The van der Waals surface area contributed by atoms with E-state index in [2.05, 4.69) is 10.2 Å². The number of benzene rings is 1. The Morgan fingerprint density at radius 1 is 1.19 bits per heavy atom. The van der Waals surface area contributed by atoms with Gasteiger partial charge < -0.3 is 24.6 Å². The molecule has 1 spiro atoms. The summed E-state index contributed by atoms with van der Waals surface area (Å²) in [7, 11) is 5.16. The van der Waals surface area contributed by atoms with Gasteiger partial charge in [-0.3, -0.25) is 9.59 Å². The highest BCUT2D eigenvalue weighted by molar-refractivity contribution is 5.97. The van der Waals surface area contributed by atoms with Crippen LogP contribution in [0.1, 0.15) is 29.6 Å². The van der Waals surface area contributed by atoms with Gasteiger partial charge in [0.15, 0.2) is 0 Å². The maximum atomic E-state index is 13.2. The van der Waals surface area contributed by atoms with Crippen molar-refractivity contribution in [2.75, 3.05) is 47.4 Å². The summed E-state index contributed by atoms with van der Waals surface area (Å²) in [6.07, 6.45) is 2.30. The Morgan fingerprint density at radius 3 is 2.69 bits per heavy atom. The Balaban J connectivity index is 1.87. The number of carbonyl (C=O) groups excluding carboxylic acids is 2. The Kier molecular flexibility index (Phi) is 5.36. The van der Waals surface area contributed by atoms with Crippen LogP contribution in [0.15, 0.2) is 18.2 Å². The van der Waals surface area contributed by atoms with Gasteiger partial charge in [0, 0.05) is 38.7 Å². The fourth-order valence-electron chi connectivity index (χ4n) is 3.95. The maximum absolute atomic E-state index is 13.2. The number of rotatable bonds is 3. The Hall–Kier alpha value is -2.28. The van der Waals surface area contributed by atoms with Crippen molar-refractivity contribution >= 4 is 11.8 Å². The van der Waals surface area contributed by atoms with E-state index in [0.717, 1.165) is 25.9 Å². The fraction of sp³-hybridized carbons (Fsp3) is 0.579. The smallest absolute Gasteiger partial charge is 0.257 e. The van der Waals surface area contributed by atoms with Crippen LogP contribution in [0.4, 0.5) is 0 Å². The average Bonchev–Trinajstić information content (AvgIpc) is 2.78. The van der Waals surface area contributed by atoms with Gasteiger partial charge in [-0.1, -0.05) is 0 Å². The average molecular weight is 361 g/mol. The van der Waals surface area contributed by atoms with Crippen molar-refractivity contribution < 1.29 is 19.1 Å². The molecule has 7 nitrogen and oxygen atoms in total. The normalized spacial score (nSPS) is 24.1. The highest BCUT2D eigenvalue weighted by Crippen LogP contribution is 2.29. The first-order chi connectivity index (χ1) is 12.5. The van der Waals surface area contributed by atoms with Crippen LogP contribution in [0, 0.1) is 0 Å². The van der Waals surface area contributed by atoms with Crippen LogP contribution in [0.2, 0.25) is 0 Å². The van der Waals surface area contributed by atoms with Crippen molar-refractivity contribution in [3.8, 4) is 11.5 Å². The van der Waals surface area contributed by atoms with Gasteiger partial charge in [-0.15, -0.1) is 0 Å². The zero-order valence-electron chi connectivity index (χ0n) is 15.7. The molecule has 2 aliphatic heterocycles. The van der Waals surface area contributed by atoms with Crippen LogP contribution in [0.3, 0.4) is 0 Å². The van der Waals surface area contributed by atoms with Gasteiger partial charge in [-0.05, 0) is 32.0 Å². The zero-order chi connectivity index (χ0) is 18.7. The first-order valence-corrected chi connectivity index (χ1v) is 8.97. The summed E-state index contributed by atoms with van der Waals surface area (Å²) in [5.74, 6) is 1.12. The third kappa shape index (κ3) is 3.77. The molecular formula is C19H27N3O4. The molecule has 2 aliphatic rings. The molecule has 26 heavy (non-hydrogen) atoms. The van der Waals surface area contributed by atoms with E-state index in [0.29, 0.717) is 36.6 Å². The van der Waals surface area contributed by atoms with Crippen LogP contribution in [-0.2, 0) is 4.79 Å². The molecule has 0 aromatic heterocycles. The molecule has 0 aliphatic carbocycles. The molecule has 142 valence electrons. The quantitative estimate of drug-likeness (QED) is 0.874. The minimum absolute atomic E-state index is 0.0703. The lowest BCUT2D eigenvalue weighted by molar-refractivity contribution is -0.125. The molecule has 1 unspecified atom stereocenters. The summed E-state index contributed by atoms with van der Waals surface area (Å²) in [6.45, 7) is 2.64. The highest BCUT2D eigenvalue weighted by atomic mass is 16.5. The second-order valence-electron chi connectivity index (χ2n) is 7.21. The lowest BCUT2D eigenvalue weighted by Gasteiger charge is -2.40. The summed E-state index contributed by atoms with van der Waals surface area (Å²) in [5.41, 5.74) is 0.130. The van der Waals surface area contributed by atoms with E-state index in [1.54, 1.807) is 32.4 Å². The van der Waals surface area contributed by atoms with Crippen molar-refractivity contribution in [3.63, 3.8) is 0 Å². The predicted molar refractivity (Wildman–Crippen MR) is 97.7 cm³/mol. The second kappa shape index (κ2) is 7.53. The molecule has 1 N–H and O–H groups in total. The van der Waals surface area contributed by atoms with Gasteiger partial charge >= 0.3 is 0 Å². The van der Waals surface area contributed by atoms with Crippen molar-refractivity contribution in [2.24, 2.45) is 0 Å². The molecule has 0 bridgehead atoms. The minimum Gasteiger partial charge on any atom is -0.497 e. The van der Waals surface area contributed by atoms with E-state index in [1.807, 2.05) is 11.9 Å². The fourth-order valence-corrected chi connectivity index (χ4v) is 3.95. The number of methoxy groups -OCH3 is 2.